The Hall–Kier alpha value is -3.28. The Morgan fingerprint density at radius 3 is 2.62 bits per heavy atom. The topological polar surface area (TPSA) is 54.0 Å². The molecule has 0 aliphatic heterocycles. The van der Waals surface area contributed by atoms with Crippen LogP contribution in [0.15, 0.2) is 60.8 Å². The van der Waals surface area contributed by atoms with Gasteiger partial charge in [0.1, 0.15) is 5.82 Å². The molecule has 2 N–H and O–H groups in total. The van der Waals surface area contributed by atoms with Crippen molar-refractivity contribution in [1.82, 2.24) is 4.98 Å². The van der Waals surface area contributed by atoms with Crippen molar-refractivity contribution >= 4 is 17.4 Å². The standard InChI is InChI=1S/C20H17F2N3O/c1-13-4-2-3-5-15(13)12-24-19-10-14(8-9-23-19)20(26)25-16-6-7-17(21)18(22)11-16/h2-11H,12H2,1H3,(H,23,24)(H,25,26). The van der Waals surface area contributed by atoms with Crippen molar-refractivity contribution in [2.24, 2.45) is 0 Å². The number of anilines is 2. The van der Waals surface area contributed by atoms with Gasteiger partial charge in [0.2, 0.25) is 0 Å². The maximum Gasteiger partial charge on any atom is 0.255 e. The fourth-order valence-corrected chi connectivity index (χ4v) is 2.44. The van der Waals surface area contributed by atoms with Gasteiger partial charge >= 0.3 is 0 Å². The van der Waals surface area contributed by atoms with Gasteiger partial charge in [0.25, 0.3) is 5.91 Å². The van der Waals surface area contributed by atoms with Gasteiger partial charge in [-0.25, -0.2) is 13.8 Å². The third-order valence-corrected chi connectivity index (χ3v) is 3.92. The quantitative estimate of drug-likeness (QED) is 0.708. The summed E-state index contributed by atoms with van der Waals surface area (Å²) in [4.78, 5) is 16.5. The lowest BCUT2D eigenvalue weighted by atomic mass is 10.1. The molecule has 132 valence electrons. The summed E-state index contributed by atoms with van der Waals surface area (Å²) in [7, 11) is 0. The lowest BCUT2D eigenvalue weighted by molar-refractivity contribution is 0.102. The second-order valence-corrected chi connectivity index (χ2v) is 5.79. The molecular formula is C20H17F2N3O. The third kappa shape index (κ3) is 4.22. The highest BCUT2D eigenvalue weighted by Crippen LogP contribution is 2.16. The van der Waals surface area contributed by atoms with Crippen LogP contribution in [0.25, 0.3) is 0 Å². The van der Waals surface area contributed by atoms with E-state index in [2.05, 4.69) is 15.6 Å². The molecule has 0 saturated heterocycles. The lowest BCUT2D eigenvalue weighted by Crippen LogP contribution is -2.13. The Labute approximate surface area is 149 Å². The summed E-state index contributed by atoms with van der Waals surface area (Å²) in [5, 5.41) is 5.71. The fraction of sp³-hybridized carbons (Fsp3) is 0.100. The number of hydrogen-bond acceptors (Lipinski definition) is 3. The summed E-state index contributed by atoms with van der Waals surface area (Å²) in [5.41, 5.74) is 2.83. The molecule has 1 amide bonds. The zero-order valence-corrected chi connectivity index (χ0v) is 14.1. The van der Waals surface area contributed by atoms with Crippen LogP contribution in [0, 0.1) is 18.6 Å². The number of nitrogens with zero attached hydrogens (tertiary/aromatic N) is 1. The summed E-state index contributed by atoms with van der Waals surface area (Å²) in [6.45, 7) is 2.60. The lowest BCUT2D eigenvalue weighted by Gasteiger charge is -2.10. The minimum atomic E-state index is -1.02. The highest BCUT2D eigenvalue weighted by molar-refractivity contribution is 6.04. The minimum Gasteiger partial charge on any atom is -0.366 e. The number of aromatic nitrogens is 1. The minimum absolute atomic E-state index is 0.181. The summed E-state index contributed by atoms with van der Waals surface area (Å²) in [6.07, 6.45) is 1.51. The van der Waals surface area contributed by atoms with E-state index in [1.807, 2.05) is 31.2 Å². The van der Waals surface area contributed by atoms with Crippen molar-refractivity contribution in [2.45, 2.75) is 13.5 Å². The van der Waals surface area contributed by atoms with E-state index in [9.17, 15) is 13.6 Å². The van der Waals surface area contributed by atoms with Gasteiger partial charge in [-0.05, 0) is 42.3 Å². The molecular weight excluding hydrogens is 336 g/mol. The fourth-order valence-electron chi connectivity index (χ4n) is 2.44. The molecule has 0 bridgehead atoms. The van der Waals surface area contributed by atoms with Crippen molar-refractivity contribution in [3.8, 4) is 0 Å². The first-order valence-corrected chi connectivity index (χ1v) is 8.04. The van der Waals surface area contributed by atoms with Gasteiger partial charge in [0, 0.05) is 30.1 Å². The van der Waals surface area contributed by atoms with Crippen LogP contribution < -0.4 is 10.6 Å². The average Bonchev–Trinajstić information content (AvgIpc) is 2.64. The number of rotatable bonds is 5. The number of amides is 1. The molecule has 0 saturated carbocycles. The molecule has 0 aliphatic rings. The number of halogens is 2. The van der Waals surface area contributed by atoms with Crippen molar-refractivity contribution in [3.63, 3.8) is 0 Å². The molecule has 3 rings (SSSR count). The largest absolute Gasteiger partial charge is 0.366 e. The second kappa shape index (κ2) is 7.74. The highest BCUT2D eigenvalue weighted by Gasteiger charge is 2.10. The summed E-state index contributed by atoms with van der Waals surface area (Å²) < 4.78 is 26.2. The zero-order valence-electron chi connectivity index (χ0n) is 14.1. The molecule has 0 fully saturated rings. The Morgan fingerprint density at radius 2 is 1.85 bits per heavy atom. The number of benzene rings is 2. The molecule has 0 spiro atoms. The molecule has 0 radical (unpaired) electrons. The van der Waals surface area contributed by atoms with Crippen molar-refractivity contribution < 1.29 is 13.6 Å². The smallest absolute Gasteiger partial charge is 0.255 e. The van der Waals surface area contributed by atoms with Crippen LogP contribution in [0.5, 0.6) is 0 Å². The first kappa shape index (κ1) is 17.5. The van der Waals surface area contributed by atoms with Gasteiger partial charge in [-0.3, -0.25) is 4.79 Å². The Kier molecular flexibility index (Phi) is 5.22. The molecule has 2 aromatic carbocycles. The number of aryl methyl sites for hydroxylation is 1. The number of nitrogens with one attached hydrogen (secondary N) is 2. The van der Waals surface area contributed by atoms with E-state index >= 15 is 0 Å². The third-order valence-electron chi connectivity index (χ3n) is 3.92. The van der Waals surface area contributed by atoms with Crippen molar-refractivity contribution in [2.75, 3.05) is 10.6 Å². The molecule has 4 nitrogen and oxygen atoms in total. The van der Waals surface area contributed by atoms with E-state index in [-0.39, 0.29) is 5.69 Å². The number of carbonyl (C=O) groups is 1. The molecule has 3 aromatic rings. The average molecular weight is 353 g/mol. The van der Waals surface area contributed by atoms with Crippen molar-refractivity contribution in [3.05, 3.63) is 89.1 Å². The normalized spacial score (nSPS) is 10.4. The zero-order chi connectivity index (χ0) is 18.5. The Bertz CT molecular complexity index is 944. The van der Waals surface area contributed by atoms with Crippen LogP contribution in [0.1, 0.15) is 21.5 Å². The number of hydrogen-bond donors (Lipinski definition) is 2. The maximum absolute atomic E-state index is 13.2. The van der Waals surface area contributed by atoms with E-state index in [0.29, 0.717) is 17.9 Å². The van der Waals surface area contributed by atoms with Crippen LogP contribution >= 0.6 is 0 Å². The van der Waals surface area contributed by atoms with E-state index in [1.165, 1.54) is 12.3 Å². The van der Waals surface area contributed by atoms with Crippen LogP contribution in [-0.4, -0.2) is 10.9 Å². The number of pyridine rings is 1. The van der Waals surface area contributed by atoms with Gasteiger partial charge < -0.3 is 10.6 Å². The van der Waals surface area contributed by atoms with Crippen LogP contribution in [-0.2, 0) is 6.54 Å². The predicted octanol–water partition coefficient (Wildman–Crippen LogP) is 4.53. The summed E-state index contributed by atoms with van der Waals surface area (Å²) >= 11 is 0. The molecule has 0 unspecified atom stereocenters. The summed E-state index contributed by atoms with van der Waals surface area (Å²) in [6, 6.07) is 14.3. The van der Waals surface area contributed by atoms with Gasteiger partial charge in [-0.15, -0.1) is 0 Å². The Morgan fingerprint density at radius 1 is 1.04 bits per heavy atom. The van der Waals surface area contributed by atoms with Crippen LogP contribution in [0.4, 0.5) is 20.3 Å². The van der Waals surface area contributed by atoms with Crippen LogP contribution in [0.2, 0.25) is 0 Å². The SMILES string of the molecule is Cc1ccccc1CNc1cc(C(=O)Nc2ccc(F)c(F)c2)ccn1. The van der Waals surface area contributed by atoms with E-state index in [0.717, 1.165) is 23.3 Å². The molecule has 0 aliphatic carbocycles. The molecule has 1 heterocycles. The van der Waals surface area contributed by atoms with E-state index in [4.69, 9.17) is 0 Å². The van der Waals surface area contributed by atoms with Gasteiger partial charge in [0.15, 0.2) is 11.6 Å². The molecule has 1 aromatic heterocycles. The number of carbonyl (C=O) groups excluding carboxylic acids is 1. The van der Waals surface area contributed by atoms with E-state index < -0.39 is 17.5 Å². The first-order chi connectivity index (χ1) is 12.5. The maximum atomic E-state index is 13.2. The molecule has 26 heavy (non-hydrogen) atoms. The Balaban J connectivity index is 1.69. The molecule has 0 atom stereocenters. The summed E-state index contributed by atoms with van der Waals surface area (Å²) in [5.74, 6) is -1.86. The first-order valence-electron chi connectivity index (χ1n) is 8.04. The van der Waals surface area contributed by atoms with E-state index in [1.54, 1.807) is 12.1 Å². The van der Waals surface area contributed by atoms with Gasteiger partial charge in [-0.2, -0.15) is 0 Å². The van der Waals surface area contributed by atoms with Crippen molar-refractivity contribution in [1.29, 1.82) is 0 Å². The second-order valence-electron chi connectivity index (χ2n) is 5.79. The molecule has 6 heteroatoms. The van der Waals surface area contributed by atoms with Gasteiger partial charge in [-0.1, -0.05) is 24.3 Å². The monoisotopic (exact) mass is 353 g/mol. The predicted molar refractivity (Wildman–Crippen MR) is 97.1 cm³/mol. The van der Waals surface area contributed by atoms with Crippen LogP contribution in [0.3, 0.4) is 0 Å². The highest BCUT2D eigenvalue weighted by atomic mass is 19.2. The van der Waals surface area contributed by atoms with Gasteiger partial charge in [0.05, 0.1) is 0 Å².